The second-order valence-electron chi connectivity index (χ2n) is 4.99. The van der Waals surface area contributed by atoms with Crippen LogP contribution in [-0.4, -0.2) is 66.1 Å². The number of hydrogen-bond acceptors (Lipinski definition) is 0. The third-order valence-electron chi connectivity index (χ3n) is 3.92. The van der Waals surface area contributed by atoms with Crippen LogP contribution in [0.2, 0.25) is 0 Å². The van der Waals surface area contributed by atoms with Gasteiger partial charge in [0.2, 0.25) is 0 Å². The predicted molar refractivity (Wildman–Crippen MR) is 91.7 cm³/mol. The monoisotopic (exact) mass is 494 g/mol. The van der Waals surface area contributed by atoms with E-state index < -0.39 is 0 Å². The zero-order valence-corrected chi connectivity index (χ0v) is 18.9. The van der Waals surface area contributed by atoms with Gasteiger partial charge < -0.3 is 0 Å². The molecule has 0 aliphatic heterocycles. The van der Waals surface area contributed by atoms with E-state index in [0.717, 1.165) is 0 Å². The Kier molecular flexibility index (Phi) is 3.29. The molecule has 12 radical (unpaired) electrons. The summed E-state index contributed by atoms with van der Waals surface area (Å²) in [5.41, 5.74) is 0. The molecule has 0 nitrogen and oxygen atoms in total. The molecule has 0 saturated heterocycles. The number of rotatable bonds is 0. The molecule has 0 atom stereocenters. The topological polar surface area (TPSA) is 0 Å². The minimum absolute atomic E-state index is 1.35. The van der Waals surface area contributed by atoms with Crippen LogP contribution in [0.1, 0.15) is 0 Å². The van der Waals surface area contributed by atoms with Crippen LogP contribution in [0.3, 0.4) is 0 Å². The van der Waals surface area contributed by atoms with E-state index in [1.54, 1.807) is 0 Å². The van der Waals surface area contributed by atoms with Crippen molar-refractivity contribution in [3.63, 3.8) is 0 Å². The van der Waals surface area contributed by atoms with E-state index in [1.165, 1.54) is 49.9 Å². The Balaban J connectivity index is 2.50. The Morgan fingerprint density at radius 3 is 2.15 bits per heavy atom. The zero-order valence-electron chi connectivity index (χ0n) is 10.5. The van der Waals surface area contributed by atoms with Crippen molar-refractivity contribution in [2.24, 2.45) is 0 Å². The molecule has 0 aliphatic carbocycles. The van der Waals surface area contributed by atoms with Crippen LogP contribution in [0.4, 0.5) is 0 Å². The van der Waals surface area contributed by atoms with Crippen LogP contribution in [0.25, 0.3) is 32.3 Å². The fraction of sp³-hybridized carbons (Fsp3) is 0. The fourth-order valence-corrected chi connectivity index (χ4v) is 7.00. The van der Waals surface area contributed by atoms with Crippen molar-refractivity contribution in [3.05, 3.63) is 36.4 Å². The molecule has 0 unspecified atom stereocenters. The van der Waals surface area contributed by atoms with Crippen LogP contribution < -0.4 is 17.6 Å². The molecule has 0 amide bonds. The van der Waals surface area contributed by atoms with Gasteiger partial charge in [-0.3, -0.25) is 0 Å². The van der Waals surface area contributed by atoms with E-state index in [2.05, 4.69) is 102 Å². The summed E-state index contributed by atoms with van der Waals surface area (Å²) in [5, 5.41) is 8.46. The van der Waals surface area contributed by atoms with E-state index in [9.17, 15) is 0 Å². The van der Waals surface area contributed by atoms with Crippen molar-refractivity contribution in [2.75, 3.05) is 0 Å². The molecule has 20 heavy (non-hydrogen) atoms. The Labute approximate surface area is 151 Å². The molecule has 0 spiro atoms. The predicted octanol–water partition coefficient (Wildman–Crippen LogP) is -0.241. The summed E-state index contributed by atoms with van der Waals surface area (Å²) >= 11 is 9.01. The third-order valence-corrected chi connectivity index (χ3v) is 10.1. The van der Waals surface area contributed by atoms with Crippen LogP contribution in [0, 0.1) is 0 Å². The summed E-state index contributed by atoms with van der Waals surface area (Å²) in [6, 6.07) is 13.5. The Bertz CT molecular complexity index is 988. The summed E-state index contributed by atoms with van der Waals surface area (Å²) in [7, 11) is 0. The molecule has 0 saturated carbocycles. The third kappa shape index (κ3) is 1.74. The fourth-order valence-electron chi connectivity index (χ4n) is 3.00. The van der Waals surface area contributed by atoms with Crippen molar-refractivity contribution in [1.29, 1.82) is 0 Å². The van der Waals surface area contributed by atoms with Crippen molar-refractivity contribution < 1.29 is 0 Å². The maximum atomic E-state index is 2.34. The van der Waals surface area contributed by atoms with Gasteiger partial charge in [0, 0.05) is 0 Å². The molecule has 0 heterocycles. The molecular weight excluding hydrogens is 483 g/mol. The van der Waals surface area contributed by atoms with Gasteiger partial charge in [0.1, 0.15) is 0 Å². The van der Waals surface area contributed by atoms with Crippen molar-refractivity contribution >= 4 is 116 Å². The van der Waals surface area contributed by atoms with E-state index in [0.29, 0.717) is 0 Å². The first-order valence-electron chi connectivity index (χ1n) is 6.23. The average molecular weight is 489 g/mol. The summed E-state index contributed by atoms with van der Waals surface area (Å²) in [6.07, 6.45) is 0. The quantitative estimate of drug-likeness (QED) is 0.237. The second-order valence-corrected chi connectivity index (χ2v) is 9.27. The first-order chi connectivity index (χ1) is 9.59. The van der Waals surface area contributed by atoms with E-state index in [4.69, 9.17) is 0 Å². The molecular formula is C16H6Ge4. The van der Waals surface area contributed by atoms with Crippen molar-refractivity contribution in [2.45, 2.75) is 0 Å². The molecule has 0 aromatic heterocycles. The average Bonchev–Trinajstić information content (AvgIpc) is 2.44. The van der Waals surface area contributed by atoms with Crippen LogP contribution in [-0.2, 0) is 0 Å². The molecule has 4 aromatic carbocycles. The molecule has 0 fully saturated rings. The summed E-state index contributed by atoms with van der Waals surface area (Å²) in [5.74, 6) is 0. The van der Waals surface area contributed by atoms with E-state index in [-0.39, 0.29) is 0 Å². The first-order valence-corrected chi connectivity index (χ1v) is 10.4. The Morgan fingerprint density at radius 2 is 1.35 bits per heavy atom. The SMILES string of the molecule is [Ge][c]1[c]([Ge])c2ccc3cccc4c[c]([Ge])c([c]1[Ge])c2c34. The molecule has 86 valence electrons. The summed E-state index contributed by atoms with van der Waals surface area (Å²) < 4.78 is 5.68. The van der Waals surface area contributed by atoms with E-state index >= 15 is 0 Å². The van der Waals surface area contributed by atoms with Gasteiger partial charge in [-0.1, -0.05) is 0 Å². The van der Waals surface area contributed by atoms with Gasteiger partial charge in [0.25, 0.3) is 0 Å². The molecule has 4 rings (SSSR count). The first kappa shape index (κ1) is 13.7. The standard InChI is InChI=1S/C16H6Ge4/c17-10-6-8-3-1-2-7-4-5-9-12(11(7)8)13(10)15(19)16(20)14(9)18/h1-6H. The minimum atomic E-state index is 1.35. The Morgan fingerprint density at radius 1 is 0.600 bits per heavy atom. The van der Waals surface area contributed by atoms with Gasteiger partial charge in [0.15, 0.2) is 0 Å². The van der Waals surface area contributed by atoms with Gasteiger partial charge in [-0.25, -0.2) is 0 Å². The van der Waals surface area contributed by atoms with Crippen molar-refractivity contribution in [1.82, 2.24) is 0 Å². The number of benzene rings is 4. The van der Waals surface area contributed by atoms with Crippen molar-refractivity contribution in [3.8, 4) is 0 Å². The van der Waals surface area contributed by atoms with Crippen LogP contribution >= 0.6 is 0 Å². The second kappa shape index (κ2) is 4.80. The van der Waals surface area contributed by atoms with Crippen LogP contribution in [0.15, 0.2) is 36.4 Å². The molecule has 4 aromatic rings. The van der Waals surface area contributed by atoms with Gasteiger partial charge in [-0.15, -0.1) is 0 Å². The molecule has 0 N–H and O–H groups in total. The summed E-state index contributed by atoms with van der Waals surface area (Å²) in [4.78, 5) is 0. The normalized spacial score (nSPS) is 12.0. The number of hydrogen-bond donors (Lipinski definition) is 0. The van der Waals surface area contributed by atoms with Gasteiger partial charge in [-0.2, -0.15) is 0 Å². The Hall–Kier alpha value is 0.0914. The molecule has 0 bridgehead atoms. The molecule has 0 aliphatic rings. The van der Waals surface area contributed by atoms with E-state index in [1.807, 2.05) is 0 Å². The van der Waals surface area contributed by atoms with Crippen LogP contribution in [0.5, 0.6) is 0 Å². The maximum absolute atomic E-state index is 2.34. The van der Waals surface area contributed by atoms with Gasteiger partial charge in [-0.05, 0) is 0 Å². The van der Waals surface area contributed by atoms with Gasteiger partial charge in [0.05, 0.1) is 0 Å². The molecule has 4 heteroatoms. The van der Waals surface area contributed by atoms with Gasteiger partial charge >= 0.3 is 152 Å². The zero-order chi connectivity index (χ0) is 14.0. The summed E-state index contributed by atoms with van der Waals surface area (Å²) in [6.45, 7) is 0.